The molecule has 1 unspecified atom stereocenters. The maximum atomic E-state index is 12.6. The van der Waals surface area contributed by atoms with Crippen molar-refractivity contribution in [1.29, 1.82) is 0 Å². The van der Waals surface area contributed by atoms with E-state index >= 15 is 0 Å². The predicted molar refractivity (Wildman–Crippen MR) is 63.4 cm³/mol. The van der Waals surface area contributed by atoms with Crippen molar-refractivity contribution in [2.75, 3.05) is 18.0 Å². The monoisotopic (exact) mass is 273 g/mol. The standard InChI is InChI=1S/C12H14F3N3O/c13-12(14,15)9-4-10(6-17-5-9)18-2-1-8(7-18)3-11(16)19/h4-6,8H,1-3,7H2,(H2,16,19). The maximum Gasteiger partial charge on any atom is 0.417 e. The summed E-state index contributed by atoms with van der Waals surface area (Å²) < 4.78 is 37.8. The van der Waals surface area contributed by atoms with Gasteiger partial charge in [0.05, 0.1) is 17.4 Å². The van der Waals surface area contributed by atoms with Crippen molar-refractivity contribution in [3.05, 3.63) is 24.0 Å². The molecule has 1 atom stereocenters. The number of amides is 1. The second-order valence-corrected chi connectivity index (χ2v) is 4.70. The summed E-state index contributed by atoms with van der Waals surface area (Å²) in [4.78, 5) is 16.3. The molecule has 0 spiro atoms. The summed E-state index contributed by atoms with van der Waals surface area (Å²) in [6, 6.07) is 1.08. The lowest BCUT2D eigenvalue weighted by Gasteiger charge is -2.19. The van der Waals surface area contributed by atoms with Crippen molar-refractivity contribution in [3.8, 4) is 0 Å². The molecule has 0 radical (unpaired) electrons. The van der Waals surface area contributed by atoms with Gasteiger partial charge in [0.15, 0.2) is 0 Å². The van der Waals surface area contributed by atoms with Gasteiger partial charge in [-0.15, -0.1) is 0 Å². The van der Waals surface area contributed by atoms with Crippen molar-refractivity contribution in [3.63, 3.8) is 0 Å². The summed E-state index contributed by atoms with van der Waals surface area (Å²) in [5, 5.41) is 0. The normalized spacial score (nSPS) is 19.7. The number of anilines is 1. The summed E-state index contributed by atoms with van der Waals surface area (Å²) in [5.74, 6) is -0.277. The highest BCUT2D eigenvalue weighted by Crippen LogP contribution is 2.32. The Kier molecular flexibility index (Phi) is 3.64. The Labute approximate surface area is 108 Å². The third-order valence-electron chi connectivity index (χ3n) is 3.19. The molecule has 0 saturated carbocycles. The lowest BCUT2D eigenvalue weighted by molar-refractivity contribution is -0.137. The zero-order valence-corrected chi connectivity index (χ0v) is 10.2. The molecule has 1 aliphatic rings. The molecule has 104 valence electrons. The van der Waals surface area contributed by atoms with Crippen molar-refractivity contribution >= 4 is 11.6 Å². The van der Waals surface area contributed by atoms with Gasteiger partial charge in [-0.05, 0) is 18.4 Å². The number of rotatable bonds is 3. The first-order valence-corrected chi connectivity index (χ1v) is 5.92. The molecule has 2 rings (SSSR count). The molecule has 0 bridgehead atoms. The van der Waals surface area contributed by atoms with Crippen LogP contribution in [0.25, 0.3) is 0 Å². The number of carbonyl (C=O) groups excluding carboxylic acids is 1. The third kappa shape index (κ3) is 3.36. The average molecular weight is 273 g/mol. The van der Waals surface area contributed by atoms with Crippen LogP contribution in [0.4, 0.5) is 18.9 Å². The van der Waals surface area contributed by atoms with E-state index in [0.717, 1.165) is 18.7 Å². The van der Waals surface area contributed by atoms with Gasteiger partial charge in [0.2, 0.25) is 5.91 Å². The van der Waals surface area contributed by atoms with Gasteiger partial charge < -0.3 is 10.6 Å². The molecule has 19 heavy (non-hydrogen) atoms. The SMILES string of the molecule is NC(=O)CC1CCN(c2cncc(C(F)(F)F)c2)C1. The largest absolute Gasteiger partial charge is 0.417 e. The van der Waals surface area contributed by atoms with Crippen LogP contribution in [0.15, 0.2) is 18.5 Å². The number of alkyl halides is 3. The zero-order chi connectivity index (χ0) is 14.0. The number of nitrogens with two attached hydrogens (primary N) is 1. The zero-order valence-electron chi connectivity index (χ0n) is 10.2. The molecule has 0 aromatic carbocycles. The lowest BCUT2D eigenvalue weighted by Crippen LogP contribution is -2.22. The molecule has 1 amide bonds. The molecular weight excluding hydrogens is 259 g/mol. The third-order valence-corrected chi connectivity index (χ3v) is 3.19. The van der Waals surface area contributed by atoms with Gasteiger partial charge in [0, 0.05) is 25.7 Å². The number of halogens is 3. The quantitative estimate of drug-likeness (QED) is 0.913. The van der Waals surface area contributed by atoms with Crippen molar-refractivity contribution in [2.45, 2.75) is 19.0 Å². The number of pyridine rings is 1. The van der Waals surface area contributed by atoms with E-state index in [2.05, 4.69) is 4.98 Å². The van der Waals surface area contributed by atoms with E-state index in [-0.39, 0.29) is 18.2 Å². The maximum absolute atomic E-state index is 12.6. The van der Waals surface area contributed by atoms with Crippen LogP contribution >= 0.6 is 0 Å². The van der Waals surface area contributed by atoms with Crippen LogP contribution in [0.5, 0.6) is 0 Å². The summed E-state index contributed by atoms with van der Waals surface area (Å²) in [5.41, 5.74) is 4.79. The van der Waals surface area contributed by atoms with Crippen LogP contribution < -0.4 is 10.6 Å². The topological polar surface area (TPSA) is 59.2 Å². The molecule has 1 aromatic heterocycles. The Morgan fingerprint density at radius 1 is 1.47 bits per heavy atom. The molecule has 1 fully saturated rings. The Morgan fingerprint density at radius 2 is 2.21 bits per heavy atom. The summed E-state index contributed by atoms with van der Waals surface area (Å²) in [6.45, 7) is 1.15. The van der Waals surface area contributed by atoms with E-state index in [1.165, 1.54) is 6.20 Å². The molecule has 2 heterocycles. The van der Waals surface area contributed by atoms with Gasteiger partial charge in [-0.3, -0.25) is 9.78 Å². The second kappa shape index (κ2) is 5.07. The van der Waals surface area contributed by atoms with E-state index < -0.39 is 11.7 Å². The van der Waals surface area contributed by atoms with Crippen LogP contribution in [0.3, 0.4) is 0 Å². The summed E-state index contributed by atoms with van der Waals surface area (Å²) in [6.07, 6.45) is -1.17. The van der Waals surface area contributed by atoms with Gasteiger partial charge >= 0.3 is 6.18 Å². The van der Waals surface area contributed by atoms with Crippen LogP contribution in [-0.4, -0.2) is 24.0 Å². The van der Waals surface area contributed by atoms with Gasteiger partial charge in [-0.25, -0.2) is 0 Å². The fraction of sp³-hybridized carbons (Fsp3) is 0.500. The fourth-order valence-corrected chi connectivity index (χ4v) is 2.27. The van der Waals surface area contributed by atoms with Crippen molar-refractivity contribution in [2.24, 2.45) is 11.7 Å². The average Bonchev–Trinajstić information content (AvgIpc) is 2.76. The van der Waals surface area contributed by atoms with E-state index in [4.69, 9.17) is 5.73 Å². The number of carbonyl (C=O) groups is 1. The van der Waals surface area contributed by atoms with Crippen LogP contribution in [0, 0.1) is 5.92 Å². The molecule has 1 aliphatic heterocycles. The highest BCUT2D eigenvalue weighted by atomic mass is 19.4. The first kappa shape index (κ1) is 13.6. The van der Waals surface area contributed by atoms with Gasteiger partial charge in [0.25, 0.3) is 0 Å². The second-order valence-electron chi connectivity index (χ2n) is 4.70. The minimum absolute atomic E-state index is 0.104. The van der Waals surface area contributed by atoms with Crippen LogP contribution in [0.1, 0.15) is 18.4 Å². The van der Waals surface area contributed by atoms with E-state index in [9.17, 15) is 18.0 Å². The first-order chi connectivity index (χ1) is 8.86. The number of primary amides is 1. The number of aromatic nitrogens is 1. The van der Waals surface area contributed by atoms with Crippen LogP contribution in [0.2, 0.25) is 0 Å². The lowest BCUT2D eigenvalue weighted by atomic mass is 10.1. The molecule has 1 saturated heterocycles. The summed E-state index contributed by atoms with van der Waals surface area (Å²) in [7, 11) is 0. The molecule has 4 nitrogen and oxygen atoms in total. The highest BCUT2D eigenvalue weighted by molar-refractivity contribution is 5.74. The molecule has 0 aliphatic carbocycles. The fourth-order valence-electron chi connectivity index (χ4n) is 2.27. The molecular formula is C12H14F3N3O. The number of hydrogen-bond donors (Lipinski definition) is 1. The van der Waals surface area contributed by atoms with E-state index in [1.54, 1.807) is 4.90 Å². The summed E-state index contributed by atoms with van der Waals surface area (Å²) >= 11 is 0. The predicted octanol–water partition coefficient (Wildman–Crippen LogP) is 1.80. The minimum Gasteiger partial charge on any atom is -0.370 e. The van der Waals surface area contributed by atoms with Crippen LogP contribution in [-0.2, 0) is 11.0 Å². The number of hydrogen-bond acceptors (Lipinski definition) is 3. The molecule has 7 heteroatoms. The van der Waals surface area contributed by atoms with Crippen molar-refractivity contribution < 1.29 is 18.0 Å². The van der Waals surface area contributed by atoms with Gasteiger partial charge in [-0.1, -0.05) is 0 Å². The van der Waals surface area contributed by atoms with E-state index in [1.807, 2.05) is 0 Å². The highest BCUT2D eigenvalue weighted by Gasteiger charge is 2.32. The first-order valence-electron chi connectivity index (χ1n) is 5.92. The molecule has 2 N–H and O–H groups in total. The molecule has 1 aromatic rings. The van der Waals surface area contributed by atoms with E-state index in [0.29, 0.717) is 18.8 Å². The van der Waals surface area contributed by atoms with Gasteiger partial charge in [0.1, 0.15) is 0 Å². The minimum atomic E-state index is -4.39. The Bertz CT molecular complexity index is 476. The van der Waals surface area contributed by atoms with Crippen molar-refractivity contribution in [1.82, 2.24) is 4.98 Å². The van der Waals surface area contributed by atoms with Gasteiger partial charge in [-0.2, -0.15) is 13.2 Å². The number of nitrogens with zero attached hydrogens (tertiary/aromatic N) is 2. The Morgan fingerprint density at radius 3 is 2.84 bits per heavy atom. The smallest absolute Gasteiger partial charge is 0.370 e. The Hall–Kier alpha value is -1.79. The Balaban J connectivity index is 2.09.